The highest BCUT2D eigenvalue weighted by Crippen LogP contribution is 2.27. The average Bonchev–Trinajstić information content (AvgIpc) is 3.27. The number of aromatic nitrogens is 1. The number of esters is 1. The maximum atomic E-state index is 12.8. The molecule has 1 aliphatic rings. The fourth-order valence-electron chi connectivity index (χ4n) is 3.04. The van der Waals surface area contributed by atoms with E-state index < -0.39 is 0 Å². The molecule has 0 aliphatic carbocycles. The largest absolute Gasteiger partial charge is 0.466 e. The molecule has 6 nitrogen and oxygen atoms in total. The second-order valence-electron chi connectivity index (χ2n) is 6.29. The fraction of sp³-hybridized carbons (Fsp3) is 0.421. The molecule has 1 aromatic heterocycles. The highest BCUT2D eigenvalue weighted by molar-refractivity contribution is 7.14. The number of hydrogen-bond donors (Lipinski definition) is 1. The third-order valence-electron chi connectivity index (χ3n) is 4.25. The maximum Gasteiger partial charge on any atom is 0.311 e. The number of rotatable bonds is 6. The number of ether oxygens (including phenoxy) is 1. The first-order valence-electron chi connectivity index (χ1n) is 8.84. The number of benzene rings is 1. The van der Waals surface area contributed by atoms with Crippen molar-refractivity contribution in [2.75, 3.05) is 29.9 Å². The number of carbonyl (C=O) groups is 2. The Balaban J connectivity index is 1.73. The van der Waals surface area contributed by atoms with Crippen LogP contribution in [0.25, 0.3) is 0 Å². The van der Waals surface area contributed by atoms with Crippen molar-refractivity contribution >= 4 is 34.0 Å². The van der Waals surface area contributed by atoms with Crippen molar-refractivity contribution in [2.24, 2.45) is 0 Å². The third-order valence-corrected chi connectivity index (χ3v) is 5.05. The Labute approximate surface area is 157 Å². The predicted octanol–water partition coefficient (Wildman–Crippen LogP) is 3.41. The van der Waals surface area contributed by atoms with Gasteiger partial charge >= 0.3 is 5.97 Å². The lowest BCUT2D eigenvalue weighted by Gasteiger charge is -2.21. The van der Waals surface area contributed by atoms with Gasteiger partial charge in [0.15, 0.2) is 5.13 Å². The van der Waals surface area contributed by atoms with Gasteiger partial charge in [0.05, 0.1) is 24.3 Å². The van der Waals surface area contributed by atoms with E-state index in [1.165, 1.54) is 11.3 Å². The van der Waals surface area contributed by atoms with Gasteiger partial charge in [0, 0.05) is 24.2 Å². The minimum atomic E-state index is -0.314. The number of carbonyl (C=O) groups excluding carboxylic acids is 2. The molecule has 2 heterocycles. The van der Waals surface area contributed by atoms with E-state index in [9.17, 15) is 9.59 Å². The second kappa shape index (κ2) is 8.31. The molecule has 0 atom stereocenters. The lowest BCUT2D eigenvalue weighted by Crippen LogP contribution is -2.23. The number of nitrogens with one attached hydrogen (secondary N) is 1. The fourth-order valence-corrected chi connectivity index (χ4v) is 3.74. The van der Waals surface area contributed by atoms with Crippen LogP contribution >= 0.6 is 11.3 Å². The Hall–Kier alpha value is -2.41. The van der Waals surface area contributed by atoms with Crippen LogP contribution in [0.3, 0.4) is 0 Å². The lowest BCUT2D eigenvalue weighted by atomic mass is 10.1. The molecule has 0 bridgehead atoms. The Morgan fingerprint density at radius 1 is 1.31 bits per heavy atom. The average molecular weight is 373 g/mol. The van der Waals surface area contributed by atoms with Crippen molar-refractivity contribution in [2.45, 2.75) is 33.1 Å². The van der Waals surface area contributed by atoms with Crippen molar-refractivity contribution in [3.05, 3.63) is 40.4 Å². The van der Waals surface area contributed by atoms with Crippen LogP contribution in [0.2, 0.25) is 0 Å². The number of anilines is 2. The van der Waals surface area contributed by atoms with E-state index in [-0.39, 0.29) is 18.3 Å². The third kappa shape index (κ3) is 4.40. The van der Waals surface area contributed by atoms with E-state index in [0.717, 1.165) is 37.2 Å². The lowest BCUT2D eigenvalue weighted by molar-refractivity contribution is -0.142. The summed E-state index contributed by atoms with van der Waals surface area (Å²) in [5, 5.41) is 5.12. The summed E-state index contributed by atoms with van der Waals surface area (Å²) < 4.78 is 4.92. The molecule has 1 amide bonds. The molecule has 0 radical (unpaired) electrons. The first kappa shape index (κ1) is 18.4. The Morgan fingerprint density at radius 2 is 2.08 bits per heavy atom. The van der Waals surface area contributed by atoms with Crippen molar-refractivity contribution in [1.82, 2.24) is 4.98 Å². The van der Waals surface area contributed by atoms with E-state index in [1.54, 1.807) is 12.3 Å². The molecule has 0 saturated carbocycles. The van der Waals surface area contributed by atoms with Gasteiger partial charge in [0.1, 0.15) is 0 Å². The van der Waals surface area contributed by atoms with Crippen molar-refractivity contribution in [3.63, 3.8) is 0 Å². The van der Waals surface area contributed by atoms with E-state index in [4.69, 9.17) is 4.74 Å². The van der Waals surface area contributed by atoms with E-state index in [0.29, 0.717) is 23.0 Å². The Morgan fingerprint density at radius 3 is 2.81 bits per heavy atom. The standard InChI is InChI=1S/C19H23N3O3S/c1-3-25-17(23)11-14-12-26-19(20-14)21-18(24)15-10-13(2)6-7-16(15)22-8-4-5-9-22/h6-7,10,12H,3-5,8-9,11H2,1-2H3,(H,20,21,24). The Bertz CT molecular complexity index is 797. The molecule has 1 N–H and O–H groups in total. The molecule has 138 valence electrons. The summed E-state index contributed by atoms with van der Waals surface area (Å²) >= 11 is 1.31. The summed E-state index contributed by atoms with van der Waals surface area (Å²) in [6.45, 7) is 6.05. The molecule has 0 spiro atoms. The van der Waals surface area contributed by atoms with Gasteiger partial charge in [-0.15, -0.1) is 11.3 Å². The first-order valence-corrected chi connectivity index (χ1v) is 9.71. The van der Waals surface area contributed by atoms with Crippen LogP contribution in [0.4, 0.5) is 10.8 Å². The van der Waals surface area contributed by atoms with Gasteiger partial charge in [-0.3, -0.25) is 14.9 Å². The molecule has 1 aromatic carbocycles. The topological polar surface area (TPSA) is 71.5 Å². The van der Waals surface area contributed by atoms with Crippen LogP contribution in [0.15, 0.2) is 23.6 Å². The predicted molar refractivity (Wildman–Crippen MR) is 103 cm³/mol. The van der Waals surface area contributed by atoms with Gasteiger partial charge in [-0.25, -0.2) is 4.98 Å². The molecule has 2 aromatic rings. The van der Waals surface area contributed by atoms with Gasteiger partial charge in [-0.2, -0.15) is 0 Å². The van der Waals surface area contributed by atoms with Crippen molar-refractivity contribution < 1.29 is 14.3 Å². The molecule has 1 fully saturated rings. The molecular formula is C19H23N3O3S. The number of aryl methyl sites for hydroxylation is 1. The van der Waals surface area contributed by atoms with Gasteiger partial charge in [0.25, 0.3) is 5.91 Å². The van der Waals surface area contributed by atoms with Crippen LogP contribution < -0.4 is 10.2 Å². The highest BCUT2D eigenvalue weighted by atomic mass is 32.1. The van der Waals surface area contributed by atoms with Gasteiger partial charge in [0.2, 0.25) is 0 Å². The molecule has 1 saturated heterocycles. The maximum absolute atomic E-state index is 12.8. The van der Waals surface area contributed by atoms with Crippen LogP contribution in [0.1, 0.15) is 41.4 Å². The van der Waals surface area contributed by atoms with Crippen molar-refractivity contribution in [3.8, 4) is 0 Å². The Kier molecular flexibility index (Phi) is 5.88. The summed E-state index contributed by atoms with van der Waals surface area (Å²) in [6, 6.07) is 5.96. The minimum Gasteiger partial charge on any atom is -0.466 e. The van der Waals surface area contributed by atoms with E-state index in [2.05, 4.69) is 15.2 Å². The second-order valence-corrected chi connectivity index (χ2v) is 7.15. The molecule has 26 heavy (non-hydrogen) atoms. The molecule has 7 heteroatoms. The van der Waals surface area contributed by atoms with E-state index >= 15 is 0 Å². The number of nitrogens with zero attached hydrogens (tertiary/aromatic N) is 2. The summed E-state index contributed by atoms with van der Waals surface area (Å²) in [5.74, 6) is -0.488. The first-order chi connectivity index (χ1) is 12.6. The van der Waals surface area contributed by atoms with Gasteiger partial charge in [-0.05, 0) is 38.8 Å². The quantitative estimate of drug-likeness (QED) is 0.786. The molecular weight excluding hydrogens is 350 g/mol. The number of hydrogen-bond acceptors (Lipinski definition) is 6. The zero-order valence-electron chi connectivity index (χ0n) is 15.1. The normalized spacial score (nSPS) is 13.7. The van der Waals surface area contributed by atoms with Crippen LogP contribution in [0.5, 0.6) is 0 Å². The van der Waals surface area contributed by atoms with Gasteiger partial charge in [-0.1, -0.05) is 11.6 Å². The van der Waals surface area contributed by atoms with Gasteiger partial charge < -0.3 is 9.64 Å². The summed E-state index contributed by atoms with van der Waals surface area (Å²) in [6.07, 6.45) is 2.42. The van der Waals surface area contributed by atoms with Crippen LogP contribution in [0, 0.1) is 6.92 Å². The number of thiazole rings is 1. The van der Waals surface area contributed by atoms with Crippen molar-refractivity contribution in [1.29, 1.82) is 0 Å². The zero-order valence-corrected chi connectivity index (χ0v) is 15.9. The minimum absolute atomic E-state index is 0.115. The summed E-state index contributed by atoms with van der Waals surface area (Å²) in [5.41, 5.74) is 3.27. The molecule has 1 aliphatic heterocycles. The van der Waals surface area contributed by atoms with Crippen LogP contribution in [-0.4, -0.2) is 36.6 Å². The number of amides is 1. The SMILES string of the molecule is CCOC(=O)Cc1csc(NC(=O)c2cc(C)ccc2N2CCCC2)n1. The van der Waals surface area contributed by atoms with E-state index in [1.807, 2.05) is 25.1 Å². The summed E-state index contributed by atoms with van der Waals surface area (Å²) in [4.78, 5) is 30.9. The molecule has 0 unspecified atom stereocenters. The highest BCUT2D eigenvalue weighted by Gasteiger charge is 2.20. The molecule has 3 rings (SSSR count). The smallest absolute Gasteiger partial charge is 0.311 e. The summed E-state index contributed by atoms with van der Waals surface area (Å²) in [7, 11) is 0. The zero-order chi connectivity index (χ0) is 18.5. The monoisotopic (exact) mass is 373 g/mol. The van der Waals surface area contributed by atoms with Crippen LogP contribution in [-0.2, 0) is 16.0 Å².